The number of rotatable bonds is 3. The van der Waals surface area contributed by atoms with Crippen LogP contribution in [0.3, 0.4) is 0 Å². The van der Waals surface area contributed by atoms with Crippen LogP contribution in [-0.4, -0.2) is 5.91 Å². The van der Waals surface area contributed by atoms with Crippen molar-refractivity contribution in [3.05, 3.63) is 51.2 Å². The van der Waals surface area contributed by atoms with E-state index in [-0.39, 0.29) is 5.91 Å². The van der Waals surface area contributed by atoms with Crippen LogP contribution in [0.15, 0.2) is 35.0 Å². The number of carbonyl (C=O) groups is 1. The number of nitrogens with one attached hydrogen (secondary N) is 1. The predicted molar refractivity (Wildman–Crippen MR) is 72.8 cm³/mol. The van der Waals surface area contributed by atoms with Gasteiger partial charge in [-0.2, -0.15) is 11.3 Å². The molecular weight excluding hydrogens is 254 g/mol. The summed E-state index contributed by atoms with van der Waals surface area (Å²) in [5, 5.41) is 7.44. The van der Waals surface area contributed by atoms with Gasteiger partial charge in [0.1, 0.15) is 0 Å². The lowest BCUT2D eigenvalue weighted by Gasteiger charge is -2.08. The first-order valence-electron chi connectivity index (χ1n) is 5.22. The van der Waals surface area contributed by atoms with Crippen LogP contribution in [0.25, 0.3) is 0 Å². The lowest BCUT2D eigenvalue weighted by Crippen LogP contribution is -2.14. The minimum Gasteiger partial charge on any atom is -0.326 e. The number of amides is 1. The molecule has 0 aliphatic carbocycles. The van der Waals surface area contributed by atoms with Crippen LogP contribution >= 0.6 is 22.9 Å². The largest absolute Gasteiger partial charge is 0.326 e. The summed E-state index contributed by atoms with van der Waals surface area (Å²) in [4.78, 5) is 11.8. The second kappa shape index (κ2) is 5.34. The summed E-state index contributed by atoms with van der Waals surface area (Å²) in [5.74, 6) is -0.0197. The molecule has 1 heterocycles. The Kier molecular flexibility index (Phi) is 3.82. The Hall–Kier alpha value is -1.32. The molecule has 0 bridgehead atoms. The third-order valence-electron chi connectivity index (χ3n) is 2.42. The van der Waals surface area contributed by atoms with E-state index < -0.39 is 0 Å². The highest BCUT2D eigenvalue weighted by molar-refractivity contribution is 7.08. The minimum atomic E-state index is -0.0197. The lowest BCUT2D eigenvalue weighted by molar-refractivity contribution is -0.115. The molecule has 2 aromatic rings. The molecule has 0 fully saturated rings. The van der Waals surface area contributed by atoms with Gasteiger partial charge in [0, 0.05) is 10.7 Å². The molecular formula is C13H12ClNOS. The van der Waals surface area contributed by atoms with Crippen LogP contribution in [0.1, 0.15) is 11.1 Å². The van der Waals surface area contributed by atoms with Crippen LogP contribution in [0.4, 0.5) is 5.69 Å². The zero-order valence-corrected chi connectivity index (χ0v) is 10.9. The predicted octanol–water partition coefficient (Wildman–Crippen LogP) is 3.89. The van der Waals surface area contributed by atoms with Crippen molar-refractivity contribution in [1.29, 1.82) is 0 Å². The molecule has 2 rings (SSSR count). The Morgan fingerprint density at radius 1 is 1.41 bits per heavy atom. The molecule has 1 N–H and O–H groups in total. The number of benzene rings is 1. The van der Waals surface area contributed by atoms with Gasteiger partial charge in [-0.15, -0.1) is 0 Å². The SMILES string of the molecule is Cc1ccc(Cl)cc1NC(=O)Cc1ccsc1. The zero-order valence-electron chi connectivity index (χ0n) is 9.37. The van der Waals surface area contributed by atoms with Gasteiger partial charge in [-0.25, -0.2) is 0 Å². The number of hydrogen-bond donors (Lipinski definition) is 1. The molecule has 1 aromatic carbocycles. The first-order chi connectivity index (χ1) is 8.15. The summed E-state index contributed by atoms with van der Waals surface area (Å²) < 4.78 is 0. The van der Waals surface area contributed by atoms with Gasteiger partial charge in [0.15, 0.2) is 0 Å². The van der Waals surface area contributed by atoms with Gasteiger partial charge >= 0.3 is 0 Å². The van der Waals surface area contributed by atoms with Gasteiger partial charge in [-0.3, -0.25) is 4.79 Å². The van der Waals surface area contributed by atoms with Gasteiger partial charge in [-0.05, 0) is 47.0 Å². The van der Waals surface area contributed by atoms with E-state index in [2.05, 4.69) is 5.32 Å². The Morgan fingerprint density at radius 2 is 2.24 bits per heavy atom. The highest BCUT2D eigenvalue weighted by atomic mass is 35.5. The van der Waals surface area contributed by atoms with Crippen molar-refractivity contribution in [2.45, 2.75) is 13.3 Å². The van der Waals surface area contributed by atoms with E-state index >= 15 is 0 Å². The number of halogens is 1. The molecule has 0 atom stereocenters. The van der Waals surface area contributed by atoms with Gasteiger partial charge in [0.25, 0.3) is 0 Å². The van der Waals surface area contributed by atoms with E-state index in [1.165, 1.54) is 0 Å². The smallest absolute Gasteiger partial charge is 0.228 e. The van der Waals surface area contributed by atoms with E-state index in [1.807, 2.05) is 35.9 Å². The van der Waals surface area contributed by atoms with E-state index in [0.717, 1.165) is 16.8 Å². The number of hydrogen-bond acceptors (Lipinski definition) is 2. The van der Waals surface area contributed by atoms with Crippen molar-refractivity contribution in [2.24, 2.45) is 0 Å². The Bertz CT molecular complexity index is 522. The quantitative estimate of drug-likeness (QED) is 0.896. The second-order valence-corrected chi connectivity index (χ2v) is 5.03. The number of thiophene rings is 1. The molecule has 0 aliphatic rings. The summed E-state index contributed by atoms with van der Waals surface area (Å²) in [7, 11) is 0. The zero-order chi connectivity index (χ0) is 12.3. The third-order valence-corrected chi connectivity index (χ3v) is 3.39. The van der Waals surface area contributed by atoms with Crippen molar-refractivity contribution < 1.29 is 4.79 Å². The summed E-state index contributed by atoms with van der Waals surface area (Å²) in [6, 6.07) is 7.42. The number of anilines is 1. The van der Waals surface area contributed by atoms with Gasteiger partial charge in [0.2, 0.25) is 5.91 Å². The standard InChI is InChI=1S/C13H12ClNOS/c1-9-2-3-11(14)7-12(9)15-13(16)6-10-4-5-17-8-10/h2-5,7-8H,6H2,1H3,(H,15,16). The first kappa shape index (κ1) is 12.1. The van der Waals surface area contributed by atoms with Gasteiger partial charge in [0.05, 0.1) is 6.42 Å². The number of carbonyl (C=O) groups excluding carboxylic acids is 1. The fraction of sp³-hybridized carbons (Fsp3) is 0.154. The van der Waals surface area contributed by atoms with Crippen LogP contribution in [0.5, 0.6) is 0 Å². The molecule has 1 amide bonds. The molecule has 1 aromatic heterocycles. The fourth-order valence-corrected chi connectivity index (χ4v) is 2.34. The molecule has 0 spiro atoms. The van der Waals surface area contributed by atoms with Crippen LogP contribution in [0.2, 0.25) is 5.02 Å². The molecule has 0 saturated carbocycles. The van der Waals surface area contributed by atoms with E-state index in [0.29, 0.717) is 11.4 Å². The summed E-state index contributed by atoms with van der Waals surface area (Å²) in [6.07, 6.45) is 0.398. The average Bonchev–Trinajstić information content (AvgIpc) is 2.76. The summed E-state index contributed by atoms with van der Waals surface area (Å²) in [5.41, 5.74) is 2.82. The topological polar surface area (TPSA) is 29.1 Å². The first-order valence-corrected chi connectivity index (χ1v) is 6.54. The third kappa shape index (κ3) is 3.32. The van der Waals surface area contributed by atoms with Crippen LogP contribution in [0, 0.1) is 6.92 Å². The summed E-state index contributed by atoms with van der Waals surface area (Å²) in [6.45, 7) is 1.94. The highest BCUT2D eigenvalue weighted by Gasteiger charge is 2.06. The molecule has 0 saturated heterocycles. The fourth-order valence-electron chi connectivity index (χ4n) is 1.50. The van der Waals surface area contributed by atoms with E-state index in [9.17, 15) is 4.79 Å². The van der Waals surface area contributed by atoms with Crippen LogP contribution < -0.4 is 5.32 Å². The second-order valence-electron chi connectivity index (χ2n) is 3.82. The molecule has 0 aliphatic heterocycles. The van der Waals surface area contributed by atoms with Crippen molar-refractivity contribution >= 4 is 34.5 Å². The van der Waals surface area contributed by atoms with Crippen molar-refractivity contribution in [3.63, 3.8) is 0 Å². The molecule has 17 heavy (non-hydrogen) atoms. The van der Waals surface area contributed by atoms with E-state index in [1.54, 1.807) is 17.4 Å². The number of aryl methyl sites for hydroxylation is 1. The summed E-state index contributed by atoms with van der Waals surface area (Å²) >= 11 is 7.49. The molecule has 2 nitrogen and oxygen atoms in total. The molecule has 0 radical (unpaired) electrons. The van der Waals surface area contributed by atoms with Gasteiger partial charge < -0.3 is 5.32 Å². The maximum atomic E-state index is 11.8. The molecule has 88 valence electrons. The maximum absolute atomic E-state index is 11.8. The van der Waals surface area contributed by atoms with Crippen molar-refractivity contribution in [1.82, 2.24) is 0 Å². The van der Waals surface area contributed by atoms with E-state index in [4.69, 9.17) is 11.6 Å². The monoisotopic (exact) mass is 265 g/mol. The average molecular weight is 266 g/mol. The molecule has 4 heteroatoms. The Morgan fingerprint density at radius 3 is 2.94 bits per heavy atom. The Labute approximate surface area is 109 Å². The van der Waals surface area contributed by atoms with Gasteiger partial charge in [-0.1, -0.05) is 17.7 Å². The normalized spacial score (nSPS) is 10.2. The molecule has 0 unspecified atom stereocenters. The maximum Gasteiger partial charge on any atom is 0.228 e. The Balaban J connectivity index is 2.05. The lowest BCUT2D eigenvalue weighted by atomic mass is 10.2. The minimum absolute atomic E-state index is 0.0197. The highest BCUT2D eigenvalue weighted by Crippen LogP contribution is 2.20. The van der Waals surface area contributed by atoms with Crippen molar-refractivity contribution in [3.8, 4) is 0 Å². The van der Waals surface area contributed by atoms with Crippen LogP contribution in [-0.2, 0) is 11.2 Å². The van der Waals surface area contributed by atoms with Crippen molar-refractivity contribution in [2.75, 3.05) is 5.32 Å².